The lowest BCUT2D eigenvalue weighted by molar-refractivity contribution is -0.114. The standard InChI is InChI=1S/C19H17Cl2N3O4/c1-9(2)12-6-11(22-8-17(12)26)7-13-14(20)3-10(4-15(13)21)5-16(25)18-23-19(27)28-24-18/h3-4,6,9H,5,7-8H2,1-2H3,(H,23,24,27). The van der Waals surface area contributed by atoms with Crippen molar-refractivity contribution in [3.63, 3.8) is 0 Å². The highest BCUT2D eigenvalue weighted by Gasteiger charge is 2.20. The van der Waals surface area contributed by atoms with E-state index in [9.17, 15) is 14.4 Å². The first-order valence-corrected chi connectivity index (χ1v) is 9.34. The second-order valence-corrected chi connectivity index (χ2v) is 7.56. The lowest BCUT2D eigenvalue weighted by atomic mass is 9.93. The summed E-state index contributed by atoms with van der Waals surface area (Å²) in [5.41, 5.74) is 2.71. The van der Waals surface area contributed by atoms with Crippen LogP contribution in [-0.4, -0.2) is 34.0 Å². The average molecular weight is 422 g/mol. The Hall–Kier alpha value is -2.51. The molecule has 2 heterocycles. The van der Waals surface area contributed by atoms with Gasteiger partial charge in [-0.3, -0.25) is 24.1 Å². The van der Waals surface area contributed by atoms with E-state index in [0.29, 0.717) is 27.6 Å². The molecule has 0 bridgehead atoms. The van der Waals surface area contributed by atoms with Crippen molar-refractivity contribution in [2.45, 2.75) is 26.7 Å². The van der Waals surface area contributed by atoms with E-state index >= 15 is 0 Å². The molecule has 0 spiro atoms. The van der Waals surface area contributed by atoms with Gasteiger partial charge in [-0.05, 0) is 35.3 Å². The Kier molecular flexibility index (Phi) is 5.96. The number of allylic oxidation sites excluding steroid dienone is 1. The number of nitrogens with one attached hydrogen (secondary N) is 1. The molecule has 1 aliphatic rings. The lowest BCUT2D eigenvalue weighted by Gasteiger charge is -2.16. The van der Waals surface area contributed by atoms with Crippen LogP contribution in [0.3, 0.4) is 0 Å². The van der Waals surface area contributed by atoms with Gasteiger partial charge in [0.1, 0.15) is 6.54 Å². The fraction of sp³-hybridized carbons (Fsp3) is 0.316. The molecule has 28 heavy (non-hydrogen) atoms. The summed E-state index contributed by atoms with van der Waals surface area (Å²) in [7, 11) is 0. The van der Waals surface area contributed by atoms with E-state index in [4.69, 9.17) is 23.2 Å². The molecule has 1 aliphatic heterocycles. The molecule has 0 amide bonds. The zero-order valence-electron chi connectivity index (χ0n) is 15.2. The smallest absolute Gasteiger partial charge is 0.295 e. The van der Waals surface area contributed by atoms with Crippen molar-refractivity contribution in [3.8, 4) is 0 Å². The fourth-order valence-electron chi connectivity index (χ4n) is 2.89. The first kappa shape index (κ1) is 20.2. The highest BCUT2D eigenvalue weighted by Crippen LogP contribution is 2.29. The quantitative estimate of drug-likeness (QED) is 0.720. The summed E-state index contributed by atoms with van der Waals surface area (Å²) in [6.45, 7) is 4.04. The number of rotatable bonds is 6. The monoisotopic (exact) mass is 421 g/mol. The Bertz CT molecular complexity index is 1040. The van der Waals surface area contributed by atoms with Crippen molar-refractivity contribution in [1.29, 1.82) is 0 Å². The predicted molar refractivity (Wildman–Crippen MR) is 106 cm³/mol. The molecule has 0 aliphatic carbocycles. The summed E-state index contributed by atoms with van der Waals surface area (Å²) >= 11 is 12.8. The normalized spacial score (nSPS) is 14.2. The molecule has 7 nitrogen and oxygen atoms in total. The first-order chi connectivity index (χ1) is 13.2. The van der Waals surface area contributed by atoms with E-state index in [2.05, 4.69) is 19.7 Å². The first-order valence-electron chi connectivity index (χ1n) is 8.58. The highest BCUT2D eigenvalue weighted by molar-refractivity contribution is 6.36. The van der Waals surface area contributed by atoms with Crippen molar-refractivity contribution in [2.24, 2.45) is 10.9 Å². The van der Waals surface area contributed by atoms with Crippen molar-refractivity contribution in [1.82, 2.24) is 10.1 Å². The SMILES string of the molecule is CC(C)C1=CC(Cc2c(Cl)cc(CC(=O)c3noc(=O)[nH]3)cc2Cl)=NCC1=O. The van der Waals surface area contributed by atoms with E-state index in [1.807, 2.05) is 13.8 Å². The number of H-pyrrole nitrogens is 1. The van der Waals surface area contributed by atoms with Gasteiger partial charge in [-0.2, -0.15) is 0 Å². The Morgan fingerprint density at radius 3 is 2.50 bits per heavy atom. The molecular weight excluding hydrogens is 405 g/mol. The Morgan fingerprint density at radius 2 is 1.93 bits per heavy atom. The number of aliphatic imine (C=N–C) groups is 1. The van der Waals surface area contributed by atoms with Crippen molar-refractivity contribution < 1.29 is 14.1 Å². The van der Waals surface area contributed by atoms with Gasteiger partial charge in [0.2, 0.25) is 11.6 Å². The van der Waals surface area contributed by atoms with Crippen molar-refractivity contribution in [3.05, 3.63) is 61.3 Å². The maximum absolute atomic E-state index is 12.1. The number of Topliss-reactive ketones (excluding diaryl/α,β-unsaturated/α-hetero) is 2. The van der Waals surface area contributed by atoms with Gasteiger partial charge in [-0.15, -0.1) is 0 Å². The number of carbonyl (C=O) groups excluding carboxylic acids is 2. The zero-order chi connectivity index (χ0) is 20.4. The second kappa shape index (κ2) is 8.24. The molecular formula is C19H17Cl2N3O4. The number of aromatic amines is 1. The van der Waals surface area contributed by atoms with E-state index < -0.39 is 11.5 Å². The molecule has 0 radical (unpaired) electrons. The van der Waals surface area contributed by atoms with Gasteiger partial charge in [0.15, 0.2) is 5.78 Å². The third-order valence-electron chi connectivity index (χ3n) is 4.32. The summed E-state index contributed by atoms with van der Waals surface area (Å²) in [5.74, 6) is -1.24. The van der Waals surface area contributed by atoms with E-state index in [-0.39, 0.29) is 30.5 Å². The predicted octanol–water partition coefficient (Wildman–Crippen LogP) is 3.24. The number of dihydropyridines is 1. The number of aromatic nitrogens is 2. The van der Waals surface area contributed by atoms with E-state index in [0.717, 1.165) is 11.3 Å². The fourth-order valence-corrected chi connectivity index (χ4v) is 3.56. The summed E-state index contributed by atoms with van der Waals surface area (Å²) in [6, 6.07) is 3.28. The molecule has 2 aromatic rings. The highest BCUT2D eigenvalue weighted by atomic mass is 35.5. The molecule has 146 valence electrons. The van der Waals surface area contributed by atoms with Crippen LogP contribution in [0.4, 0.5) is 0 Å². The Balaban J connectivity index is 1.80. The number of halogens is 2. The van der Waals surface area contributed by atoms with Crippen LogP contribution >= 0.6 is 23.2 Å². The van der Waals surface area contributed by atoms with E-state index in [1.54, 1.807) is 18.2 Å². The summed E-state index contributed by atoms with van der Waals surface area (Å²) in [6.07, 6.45) is 2.13. The number of hydrogen-bond acceptors (Lipinski definition) is 6. The van der Waals surface area contributed by atoms with Crippen LogP contribution in [0, 0.1) is 5.92 Å². The average Bonchev–Trinajstić information content (AvgIpc) is 3.06. The minimum atomic E-state index is -0.796. The maximum Gasteiger partial charge on any atom is 0.439 e. The molecule has 0 unspecified atom stereocenters. The largest absolute Gasteiger partial charge is 0.439 e. The molecule has 1 aromatic heterocycles. The summed E-state index contributed by atoms with van der Waals surface area (Å²) in [4.78, 5) is 41.6. The van der Waals surface area contributed by atoms with E-state index in [1.165, 1.54) is 0 Å². The van der Waals surface area contributed by atoms with Crippen molar-refractivity contribution >= 4 is 40.5 Å². The minimum absolute atomic E-state index is 0.0238. The maximum atomic E-state index is 12.1. The van der Waals surface area contributed by atoms with Crippen LogP contribution in [0.5, 0.6) is 0 Å². The van der Waals surface area contributed by atoms with Crippen LogP contribution in [0.2, 0.25) is 10.0 Å². The van der Waals surface area contributed by atoms with Crippen LogP contribution < -0.4 is 5.76 Å². The minimum Gasteiger partial charge on any atom is -0.295 e. The number of carbonyl (C=O) groups is 2. The molecule has 0 saturated heterocycles. The molecule has 1 N–H and O–H groups in total. The summed E-state index contributed by atoms with van der Waals surface area (Å²) in [5, 5.41) is 4.15. The van der Waals surface area contributed by atoms with Gasteiger partial charge in [0.05, 0.1) is 0 Å². The Morgan fingerprint density at radius 1 is 1.25 bits per heavy atom. The zero-order valence-corrected chi connectivity index (χ0v) is 16.7. The van der Waals surface area contributed by atoms with Gasteiger partial charge in [0.25, 0.3) is 0 Å². The molecule has 0 atom stereocenters. The van der Waals surface area contributed by atoms with Crippen LogP contribution in [0.1, 0.15) is 35.6 Å². The lowest BCUT2D eigenvalue weighted by Crippen LogP contribution is -2.20. The summed E-state index contributed by atoms with van der Waals surface area (Å²) < 4.78 is 4.33. The van der Waals surface area contributed by atoms with Gasteiger partial charge in [-0.1, -0.05) is 42.2 Å². The number of nitrogens with zero attached hydrogens (tertiary/aromatic N) is 2. The molecule has 0 saturated carbocycles. The van der Waals surface area contributed by atoms with Crippen molar-refractivity contribution in [2.75, 3.05) is 6.54 Å². The molecule has 9 heteroatoms. The number of ketones is 2. The topological polar surface area (TPSA) is 105 Å². The van der Waals surface area contributed by atoms with Gasteiger partial charge >= 0.3 is 5.76 Å². The molecule has 3 rings (SSSR count). The van der Waals surface area contributed by atoms with Gasteiger partial charge in [0, 0.05) is 34.2 Å². The second-order valence-electron chi connectivity index (χ2n) is 6.74. The molecule has 0 fully saturated rings. The Labute approximate surface area is 170 Å². The van der Waals surface area contributed by atoms with Crippen LogP contribution in [0.15, 0.2) is 38.1 Å². The third-order valence-corrected chi connectivity index (χ3v) is 4.99. The van der Waals surface area contributed by atoms with Crippen LogP contribution in [-0.2, 0) is 17.6 Å². The molecule has 1 aromatic carbocycles. The third kappa shape index (κ3) is 4.48. The van der Waals surface area contributed by atoms with Crippen LogP contribution in [0.25, 0.3) is 0 Å². The van der Waals surface area contributed by atoms with Gasteiger partial charge in [-0.25, -0.2) is 4.79 Å². The number of benzene rings is 1. The number of hydrogen-bond donors (Lipinski definition) is 1. The van der Waals surface area contributed by atoms with Gasteiger partial charge < -0.3 is 0 Å².